The Morgan fingerprint density at radius 2 is 2.09 bits per heavy atom. The monoisotopic (exact) mass is 301 g/mol. The van der Waals surface area contributed by atoms with Crippen LogP contribution in [0.2, 0.25) is 0 Å². The van der Waals surface area contributed by atoms with E-state index >= 15 is 0 Å². The number of fused-ring (bicyclic) bond motifs is 3. The van der Waals surface area contributed by atoms with Gasteiger partial charge in [-0.25, -0.2) is 0 Å². The lowest BCUT2D eigenvalue weighted by atomic mass is 9.56. The number of nitrogens with one attached hydrogen (secondary N) is 1. The van der Waals surface area contributed by atoms with E-state index in [1.165, 1.54) is 17.5 Å². The van der Waals surface area contributed by atoms with Gasteiger partial charge in [0.15, 0.2) is 11.5 Å². The molecule has 1 aromatic rings. The van der Waals surface area contributed by atoms with Crippen LogP contribution in [-0.2, 0) is 11.8 Å². The highest BCUT2D eigenvalue weighted by Gasteiger charge is 2.48. The van der Waals surface area contributed by atoms with Crippen LogP contribution in [0.25, 0.3) is 0 Å². The van der Waals surface area contributed by atoms with E-state index in [0.717, 1.165) is 30.8 Å². The molecule has 3 heteroatoms. The predicted octanol–water partition coefficient (Wildman–Crippen LogP) is 3.46. The zero-order valence-electron chi connectivity index (χ0n) is 14.1. The van der Waals surface area contributed by atoms with Crippen molar-refractivity contribution >= 4 is 0 Å². The first-order chi connectivity index (χ1) is 10.7. The maximum atomic E-state index is 5.81. The molecule has 0 bridgehead atoms. The summed E-state index contributed by atoms with van der Waals surface area (Å²) >= 11 is 0. The molecule has 0 fully saturated rings. The molecule has 0 amide bonds. The van der Waals surface area contributed by atoms with E-state index < -0.39 is 0 Å². The van der Waals surface area contributed by atoms with Gasteiger partial charge in [-0.2, -0.15) is 0 Å². The van der Waals surface area contributed by atoms with Gasteiger partial charge in [0.1, 0.15) is 0 Å². The number of hydrogen-bond acceptors (Lipinski definition) is 3. The highest BCUT2D eigenvalue weighted by molar-refractivity contribution is 5.57. The maximum Gasteiger partial charge on any atom is 0.164 e. The van der Waals surface area contributed by atoms with E-state index in [1.807, 2.05) is 6.07 Å². The van der Waals surface area contributed by atoms with Crippen molar-refractivity contribution < 1.29 is 9.47 Å². The molecule has 0 heterocycles. The molecule has 0 aromatic heterocycles. The first kappa shape index (κ1) is 15.4. The number of benzene rings is 1. The molecule has 1 unspecified atom stereocenters. The van der Waals surface area contributed by atoms with Crippen LogP contribution in [0.4, 0.5) is 0 Å². The van der Waals surface area contributed by atoms with Gasteiger partial charge in [0.25, 0.3) is 0 Å². The van der Waals surface area contributed by atoms with Gasteiger partial charge in [-0.15, -0.1) is 0 Å². The van der Waals surface area contributed by atoms with Gasteiger partial charge >= 0.3 is 0 Å². The van der Waals surface area contributed by atoms with E-state index in [4.69, 9.17) is 9.47 Å². The van der Waals surface area contributed by atoms with Gasteiger partial charge in [-0.05, 0) is 44.4 Å². The van der Waals surface area contributed by atoms with E-state index in [2.05, 4.69) is 37.5 Å². The van der Waals surface area contributed by atoms with Gasteiger partial charge in [0.05, 0.1) is 14.2 Å². The summed E-state index contributed by atoms with van der Waals surface area (Å²) < 4.78 is 11.4. The third-order valence-corrected chi connectivity index (χ3v) is 5.74. The van der Waals surface area contributed by atoms with Gasteiger partial charge in [0.2, 0.25) is 0 Å². The molecule has 2 aliphatic rings. The molecule has 0 aliphatic heterocycles. The molecule has 1 N–H and O–H groups in total. The molecule has 0 radical (unpaired) electrons. The highest BCUT2D eigenvalue weighted by atomic mass is 16.5. The van der Waals surface area contributed by atoms with E-state index in [0.29, 0.717) is 12.0 Å². The Balaban J connectivity index is 2.26. The van der Waals surface area contributed by atoms with Crippen LogP contribution >= 0.6 is 0 Å². The summed E-state index contributed by atoms with van der Waals surface area (Å²) in [6.45, 7) is 2.31. The fraction of sp³-hybridized carbons (Fsp3) is 0.579. The number of allylic oxidation sites excluding steroid dienone is 1. The maximum absolute atomic E-state index is 5.81. The summed E-state index contributed by atoms with van der Waals surface area (Å²) in [5.41, 5.74) is 2.94. The van der Waals surface area contributed by atoms with Gasteiger partial charge in [0, 0.05) is 22.9 Å². The third kappa shape index (κ3) is 2.06. The fourth-order valence-electron chi connectivity index (χ4n) is 4.66. The molecule has 3 rings (SSSR count). The summed E-state index contributed by atoms with van der Waals surface area (Å²) in [6.07, 6.45) is 9.26. The van der Waals surface area contributed by atoms with Crippen LogP contribution in [-0.4, -0.2) is 27.3 Å². The molecular weight excluding hydrogens is 274 g/mol. The van der Waals surface area contributed by atoms with Crippen molar-refractivity contribution in [1.82, 2.24) is 5.32 Å². The van der Waals surface area contributed by atoms with Crippen molar-refractivity contribution in [2.75, 3.05) is 21.3 Å². The van der Waals surface area contributed by atoms with Crippen LogP contribution in [0.1, 0.15) is 37.3 Å². The number of hydrogen-bond donors (Lipinski definition) is 1. The molecule has 3 nitrogen and oxygen atoms in total. The Kier molecular flexibility index (Phi) is 4.18. The molecule has 3 atom stereocenters. The topological polar surface area (TPSA) is 30.5 Å². The number of methoxy groups -OCH3 is 2. The average Bonchev–Trinajstić information content (AvgIpc) is 2.59. The molecule has 2 aliphatic carbocycles. The van der Waals surface area contributed by atoms with Crippen LogP contribution in [0, 0.1) is 5.92 Å². The van der Waals surface area contributed by atoms with Crippen molar-refractivity contribution in [3.05, 3.63) is 35.4 Å². The van der Waals surface area contributed by atoms with Crippen molar-refractivity contribution in [2.45, 2.75) is 44.1 Å². The van der Waals surface area contributed by atoms with E-state index in [1.54, 1.807) is 14.2 Å². The highest BCUT2D eigenvalue weighted by Crippen LogP contribution is 2.54. The Bertz CT molecular complexity index is 581. The Hall–Kier alpha value is -1.48. The summed E-state index contributed by atoms with van der Waals surface area (Å²) in [4.78, 5) is 0. The standard InChI is InChI=1S/C19H27NO2/c1-5-19-11-7-6-8-14(19)15(20-2)12-13-9-10-16(21-3)18(22-4)17(13)19/h6,8-10,14-15,20H,5,7,11-12H2,1-4H3/t14-,15+,19?/m0/s1. The smallest absolute Gasteiger partial charge is 0.164 e. The number of rotatable bonds is 4. The SMILES string of the molecule is CCC12CCC=C[C@H]1[C@H](NC)Cc1ccc(OC)c(OC)c12. The molecule has 120 valence electrons. The minimum Gasteiger partial charge on any atom is -0.493 e. The number of likely N-dealkylation sites (N-methyl/N-ethyl adjacent to an activating group) is 1. The normalized spacial score (nSPS) is 29.6. The first-order valence-corrected chi connectivity index (χ1v) is 8.30. The first-order valence-electron chi connectivity index (χ1n) is 8.30. The Morgan fingerprint density at radius 3 is 2.73 bits per heavy atom. The summed E-state index contributed by atoms with van der Waals surface area (Å²) in [7, 11) is 5.57. The average molecular weight is 301 g/mol. The predicted molar refractivity (Wildman–Crippen MR) is 89.9 cm³/mol. The molecule has 22 heavy (non-hydrogen) atoms. The Labute approximate surface area is 133 Å². The fourth-order valence-corrected chi connectivity index (χ4v) is 4.66. The summed E-state index contributed by atoms with van der Waals surface area (Å²) in [5.74, 6) is 2.31. The minimum atomic E-state index is 0.149. The van der Waals surface area contributed by atoms with Crippen LogP contribution in [0.3, 0.4) is 0 Å². The lowest BCUT2D eigenvalue weighted by Crippen LogP contribution is -2.52. The molecular formula is C19H27NO2. The van der Waals surface area contributed by atoms with Crippen molar-refractivity contribution in [1.29, 1.82) is 0 Å². The summed E-state index contributed by atoms with van der Waals surface area (Å²) in [5, 5.41) is 3.55. The third-order valence-electron chi connectivity index (χ3n) is 5.74. The minimum absolute atomic E-state index is 0.149. The van der Waals surface area contributed by atoms with Crippen molar-refractivity contribution in [3.63, 3.8) is 0 Å². The molecule has 1 aromatic carbocycles. The zero-order valence-corrected chi connectivity index (χ0v) is 14.1. The van der Waals surface area contributed by atoms with Crippen LogP contribution in [0.5, 0.6) is 11.5 Å². The number of ether oxygens (including phenoxy) is 2. The largest absolute Gasteiger partial charge is 0.493 e. The molecule has 0 spiro atoms. The second-order valence-corrected chi connectivity index (χ2v) is 6.44. The van der Waals surface area contributed by atoms with Crippen molar-refractivity contribution in [2.24, 2.45) is 5.92 Å². The molecule has 0 saturated carbocycles. The van der Waals surface area contributed by atoms with Crippen LogP contribution < -0.4 is 14.8 Å². The van der Waals surface area contributed by atoms with E-state index in [9.17, 15) is 0 Å². The van der Waals surface area contributed by atoms with Gasteiger partial charge in [-0.3, -0.25) is 0 Å². The van der Waals surface area contributed by atoms with Crippen molar-refractivity contribution in [3.8, 4) is 11.5 Å². The van der Waals surface area contributed by atoms with Gasteiger partial charge in [-0.1, -0.05) is 25.1 Å². The zero-order chi connectivity index (χ0) is 15.7. The second kappa shape index (κ2) is 5.96. The van der Waals surface area contributed by atoms with E-state index in [-0.39, 0.29) is 5.41 Å². The van der Waals surface area contributed by atoms with Crippen LogP contribution in [0.15, 0.2) is 24.3 Å². The molecule has 0 saturated heterocycles. The lowest BCUT2D eigenvalue weighted by Gasteiger charge is -2.50. The quantitative estimate of drug-likeness (QED) is 0.864. The second-order valence-electron chi connectivity index (χ2n) is 6.44. The van der Waals surface area contributed by atoms with Gasteiger partial charge < -0.3 is 14.8 Å². The lowest BCUT2D eigenvalue weighted by molar-refractivity contribution is 0.192. The Morgan fingerprint density at radius 1 is 1.27 bits per heavy atom. The summed E-state index contributed by atoms with van der Waals surface area (Å²) in [6, 6.07) is 4.77.